The Hall–Kier alpha value is -8.28. The number of benzene rings is 12. The molecule has 12 aromatic carbocycles. The van der Waals surface area contributed by atoms with E-state index in [1.165, 1.54) is 117 Å². The number of anilines is 6. The first-order chi connectivity index (χ1) is 35.3. The normalized spacial score (nSPS) is 11.9. The summed E-state index contributed by atoms with van der Waals surface area (Å²) in [5.41, 5.74) is 16.8. The highest BCUT2D eigenvalue weighted by Gasteiger charge is 2.23. The Morgan fingerprint density at radius 2 is 0.667 bits per heavy atom. The molecular formula is C68H48N2S2. The van der Waals surface area contributed by atoms with Crippen LogP contribution in [0.3, 0.4) is 0 Å². The fraction of sp³-hybridized carbons (Fsp3) is 0.0588. The quantitative estimate of drug-likeness (QED) is 0.140. The van der Waals surface area contributed by atoms with Crippen molar-refractivity contribution in [1.29, 1.82) is 0 Å². The van der Waals surface area contributed by atoms with Crippen molar-refractivity contribution in [1.82, 2.24) is 0 Å². The average molecular weight is 957 g/mol. The maximum Gasteiger partial charge on any atom is 0.0540 e. The van der Waals surface area contributed by atoms with E-state index < -0.39 is 0 Å². The molecule has 2 heterocycles. The lowest BCUT2D eigenvalue weighted by molar-refractivity contribution is 1.26. The molecule has 0 atom stereocenters. The number of rotatable bonds is 8. The highest BCUT2D eigenvalue weighted by molar-refractivity contribution is 7.26. The maximum atomic E-state index is 2.47. The van der Waals surface area contributed by atoms with Gasteiger partial charge in [-0.15, -0.1) is 22.7 Å². The Morgan fingerprint density at radius 1 is 0.292 bits per heavy atom. The van der Waals surface area contributed by atoms with Crippen LogP contribution in [0.1, 0.15) is 22.3 Å². The lowest BCUT2D eigenvalue weighted by Crippen LogP contribution is -2.12. The largest absolute Gasteiger partial charge is 0.310 e. The summed E-state index contributed by atoms with van der Waals surface area (Å²) in [6, 6.07) is 82.0. The van der Waals surface area contributed by atoms with E-state index in [1.807, 2.05) is 22.7 Å². The molecule has 0 saturated carbocycles. The van der Waals surface area contributed by atoms with Gasteiger partial charge >= 0.3 is 0 Å². The highest BCUT2D eigenvalue weighted by Crippen LogP contribution is 2.49. The maximum absolute atomic E-state index is 2.47. The van der Waals surface area contributed by atoms with Gasteiger partial charge in [0.05, 0.1) is 11.4 Å². The minimum absolute atomic E-state index is 1.12. The second-order valence-corrected chi connectivity index (χ2v) is 21.7. The van der Waals surface area contributed by atoms with Gasteiger partial charge in [-0.2, -0.15) is 0 Å². The van der Waals surface area contributed by atoms with E-state index in [0.717, 1.165) is 34.1 Å². The van der Waals surface area contributed by atoms with Crippen molar-refractivity contribution >= 4 is 129 Å². The summed E-state index contributed by atoms with van der Waals surface area (Å²) in [5.74, 6) is 0. The topological polar surface area (TPSA) is 6.48 Å². The van der Waals surface area contributed by atoms with Crippen molar-refractivity contribution in [2.45, 2.75) is 27.7 Å². The molecule has 0 amide bonds. The summed E-state index contributed by atoms with van der Waals surface area (Å²) >= 11 is 3.77. The summed E-state index contributed by atoms with van der Waals surface area (Å²) in [6.45, 7) is 8.82. The van der Waals surface area contributed by atoms with Gasteiger partial charge in [0.1, 0.15) is 0 Å². The highest BCUT2D eigenvalue weighted by atomic mass is 32.1. The van der Waals surface area contributed by atoms with Gasteiger partial charge in [0.15, 0.2) is 0 Å². The molecule has 0 spiro atoms. The zero-order valence-corrected chi connectivity index (χ0v) is 42.1. The van der Waals surface area contributed by atoms with Crippen molar-refractivity contribution in [2.75, 3.05) is 9.80 Å². The molecule has 72 heavy (non-hydrogen) atoms. The Balaban J connectivity index is 0.926. The SMILES string of the molecule is Cc1cc(C)cc(N(c2ccc(-c3cccc4c3sc3ccccc34)cc2)c2ccc3ccc4c(N(c5ccc(-c6cccc7c6sc6ccccc67)cc5)c5cc(C)cc(C)c5)ccc5ccc2c3c54)c1. The van der Waals surface area contributed by atoms with Crippen LogP contribution in [0.15, 0.2) is 218 Å². The number of nitrogens with zero attached hydrogens (tertiary/aromatic N) is 2. The third-order valence-corrected chi connectivity index (χ3v) is 17.2. The van der Waals surface area contributed by atoms with Gasteiger partial charge in [0.2, 0.25) is 0 Å². The van der Waals surface area contributed by atoms with Gasteiger partial charge in [-0.1, -0.05) is 146 Å². The van der Waals surface area contributed by atoms with Crippen molar-refractivity contribution in [3.8, 4) is 22.3 Å². The number of hydrogen-bond donors (Lipinski definition) is 0. The second-order valence-electron chi connectivity index (χ2n) is 19.6. The number of fused-ring (bicyclic) bond motifs is 6. The minimum Gasteiger partial charge on any atom is -0.310 e. The molecule has 0 unspecified atom stereocenters. The van der Waals surface area contributed by atoms with Crippen LogP contribution < -0.4 is 9.80 Å². The van der Waals surface area contributed by atoms with Gasteiger partial charge in [0.25, 0.3) is 0 Å². The Bertz CT molecular complexity index is 4120. The summed E-state index contributed by atoms with van der Waals surface area (Å²) < 4.78 is 5.31. The van der Waals surface area contributed by atoms with E-state index in [4.69, 9.17) is 0 Å². The lowest BCUT2D eigenvalue weighted by Gasteiger charge is -2.30. The van der Waals surface area contributed by atoms with Crippen LogP contribution in [0.25, 0.3) is 94.9 Å². The smallest absolute Gasteiger partial charge is 0.0540 e. The van der Waals surface area contributed by atoms with E-state index in [-0.39, 0.29) is 0 Å². The predicted octanol–water partition coefficient (Wildman–Crippen LogP) is 20.8. The summed E-state index contributed by atoms with van der Waals surface area (Å²) in [4.78, 5) is 4.94. The Labute approximate surface area is 427 Å². The standard InChI is InChI=1S/C68H48N2S2/c1-41-35-42(2)38-51(37-41)69(49-27-19-45(20-28-49)53-13-9-15-57-55-11-5-7-17-63(55)71-67(53)57)61-33-25-47-24-32-60-62(34-26-48-23-31-59(61)65(47)66(48)60)70(52-39-43(3)36-44(4)40-52)50-29-21-46(22-30-50)54-14-10-16-58-56-12-6-8-18-64(56)72-68(54)58/h5-40H,1-4H3. The van der Waals surface area contributed by atoms with Gasteiger partial charge < -0.3 is 9.80 Å². The van der Waals surface area contributed by atoms with E-state index >= 15 is 0 Å². The van der Waals surface area contributed by atoms with Crippen LogP contribution in [0, 0.1) is 27.7 Å². The van der Waals surface area contributed by atoms with Gasteiger partial charge in [-0.3, -0.25) is 0 Å². The molecule has 2 aromatic heterocycles. The van der Waals surface area contributed by atoms with Crippen molar-refractivity contribution in [3.05, 3.63) is 241 Å². The van der Waals surface area contributed by atoms with Crippen molar-refractivity contribution in [2.24, 2.45) is 0 Å². The molecule has 0 radical (unpaired) electrons. The molecule has 0 aliphatic rings. The first-order valence-electron chi connectivity index (χ1n) is 24.8. The van der Waals surface area contributed by atoms with E-state index in [0.29, 0.717) is 0 Å². The minimum atomic E-state index is 1.12. The zero-order valence-electron chi connectivity index (χ0n) is 40.5. The first-order valence-corrected chi connectivity index (χ1v) is 26.4. The fourth-order valence-corrected chi connectivity index (χ4v) is 14.2. The van der Waals surface area contributed by atoms with Crippen LogP contribution in [0.5, 0.6) is 0 Å². The van der Waals surface area contributed by atoms with E-state index in [1.54, 1.807) is 0 Å². The van der Waals surface area contributed by atoms with Crippen molar-refractivity contribution < 1.29 is 0 Å². The summed E-state index contributed by atoms with van der Waals surface area (Å²) in [5, 5.41) is 12.7. The molecule has 0 saturated heterocycles. The lowest BCUT2D eigenvalue weighted by atomic mass is 9.91. The Kier molecular flexibility index (Phi) is 9.86. The molecule has 14 aromatic rings. The molecule has 0 N–H and O–H groups in total. The summed E-state index contributed by atoms with van der Waals surface area (Å²) in [7, 11) is 0. The molecule has 0 aliphatic heterocycles. The monoisotopic (exact) mass is 956 g/mol. The molecule has 0 fully saturated rings. The van der Waals surface area contributed by atoms with Gasteiger partial charge in [-0.05, 0) is 167 Å². The van der Waals surface area contributed by atoms with Gasteiger partial charge in [0, 0.05) is 73.9 Å². The first kappa shape index (κ1) is 42.6. The molecule has 4 heteroatoms. The zero-order chi connectivity index (χ0) is 48.2. The third kappa shape index (κ3) is 6.89. The van der Waals surface area contributed by atoms with Crippen molar-refractivity contribution in [3.63, 3.8) is 0 Å². The van der Waals surface area contributed by atoms with Crippen LogP contribution >= 0.6 is 22.7 Å². The number of thiophene rings is 2. The molecule has 0 bridgehead atoms. The molecule has 2 nitrogen and oxygen atoms in total. The summed E-state index contributed by atoms with van der Waals surface area (Å²) in [6.07, 6.45) is 0. The predicted molar refractivity (Wildman–Crippen MR) is 315 cm³/mol. The van der Waals surface area contributed by atoms with E-state index in [9.17, 15) is 0 Å². The number of hydrogen-bond acceptors (Lipinski definition) is 4. The third-order valence-electron chi connectivity index (χ3n) is 14.7. The fourth-order valence-electron chi connectivity index (χ4n) is 11.7. The van der Waals surface area contributed by atoms with E-state index in [2.05, 4.69) is 256 Å². The molecule has 0 aliphatic carbocycles. The molecule has 14 rings (SSSR count). The molecule has 342 valence electrons. The number of aryl methyl sites for hydroxylation is 4. The van der Waals surface area contributed by atoms with Crippen LogP contribution in [0.2, 0.25) is 0 Å². The van der Waals surface area contributed by atoms with Crippen LogP contribution in [0.4, 0.5) is 34.1 Å². The van der Waals surface area contributed by atoms with Crippen LogP contribution in [-0.2, 0) is 0 Å². The Morgan fingerprint density at radius 3 is 1.08 bits per heavy atom. The van der Waals surface area contributed by atoms with Crippen LogP contribution in [-0.4, -0.2) is 0 Å². The molecular weight excluding hydrogens is 909 g/mol. The average Bonchev–Trinajstić information content (AvgIpc) is 3.98. The second kappa shape index (κ2) is 16.7. The van der Waals surface area contributed by atoms with Gasteiger partial charge in [-0.25, -0.2) is 0 Å².